The molecule has 0 spiro atoms. The number of rotatable bonds is 2. The van der Waals surface area contributed by atoms with Gasteiger partial charge in [0, 0.05) is 11.9 Å². The van der Waals surface area contributed by atoms with Crippen LogP contribution in [0.4, 0.5) is 5.69 Å². The quantitative estimate of drug-likeness (QED) is 0.856. The van der Waals surface area contributed by atoms with Crippen LogP contribution in [0.5, 0.6) is 5.75 Å². The summed E-state index contributed by atoms with van der Waals surface area (Å²) in [5.41, 5.74) is 6.51. The Labute approximate surface area is 140 Å². The molecule has 1 aliphatic heterocycles. The van der Waals surface area contributed by atoms with Gasteiger partial charge in [-0.1, -0.05) is 12.1 Å². The minimum absolute atomic E-state index is 0. The van der Waals surface area contributed by atoms with Gasteiger partial charge in [-0.15, -0.1) is 23.7 Å². The summed E-state index contributed by atoms with van der Waals surface area (Å²) in [7, 11) is 0. The molecule has 1 aromatic heterocycles. The molecule has 8 heteroatoms. The van der Waals surface area contributed by atoms with Crippen molar-refractivity contribution in [3.05, 3.63) is 39.3 Å². The number of nitrogens with two attached hydrogens (primary N) is 1. The summed E-state index contributed by atoms with van der Waals surface area (Å²) in [5.74, 6) is 0.549. The van der Waals surface area contributed by atoms with Gasteiger partial charge in [-0.05, 0) is 28.1 Å². The van der Waals surface area contributed by atoms with E-state index in [0.29, 0.717) is 28.5 Å². The number of aromatic nitrogens is 1. The molecule has 112 valence electrons. The zero-order valence-electron chi connectivity index (χ0n) is 10.9. The van der Waals surface area contributed by atoms with Gasteiger partial charge >= 0.3 is 0 Å². The van der Waals surface area contributed by atoms with E-state index in [1.165, 1.54) is 11.3 Å². The van der Waals surface area contributed by atoms with Crippen LogP contribution in [-0.2, 0) is 0 Å². The molecule has 0 bridgehead atoms. The Morgan fingerprint density at radius 1 is 1.52 bits per heavy atom. The highest BCUT2D eigenvalue weighted by molar-refractivity contribution is 9.10. The number of hydrogen-bond acceptors (Lipinski definition) is 5. The Hall–Kier alpha value is -1.15. The van der Waals surface area contributed by atoms with E-state index in [9.17, 15) is 4.79 Å². The predicted octanol–water partition coefficient (Wildman–Crippen LogP) is 2.69. The largest absolute Gasteiger partial charge is 0.489 e. The van der Waals surface area contributed by atoms with Crippen molar-refractivity contribution in [2.45, 2.75) is 6.04 Å². The maximum Gasteiger partial charge on any atom is 0.287 e. The van der Waals surface area contributed by atoms with Crippen molar-refractivity contribution in [3.63, 3.8) is 0 Å². The lowest BCUT2D eigenvalue weighted by Crippen LogP contribution is -2.50. The number of carbonyl (C=O) groups excluding carboxylic acids is 1. The summed E-state index contributed by atoms with van der Waals surface area (Å²) in [6.45, 7) is 0.735. The first kappa shape index (κ1) is 16.2. The molecule has 2 N–H and O–H groups in total. The molecular weight excluding hydrogens is 378 g/mol. The van der Waals surface area contributed by atoms with Crippen molar-refractivity contribution in [3.8, 4) is 5.75 Å². The number of ether oxygens (including phenoxy) is 1. The van der Waals surface area contributed by atoms with E-state index < -0.39 is 0 Å². The van der Waals surface area contributed by atoms with Crippen LogP contribution < -0.4 is 15.4 Å². The number of benzene rings is 1. The van der Waals surface area contributed by atoms with Crippen molar-refractivity contribution in [2.24, 2.45) is 5.73 Å². The Balaban J connectivity index is 0.00000161. The number of thiazole rings is 1. The smallest absolute Gasteiger partial charge is 0.287 e. The van der Waals surface area contributed by atoms with E-state index >= 15 is 0 Å². The highest BCUT2D eigenvalue weighted by Gasteiger charge is 2.33. The highest BCUT2D eigenvalue weighted by atomic mass is 79.9. The molecule has 3 rings (SSSR count). The van der Waals surface area contributed by atoms with Gasteiger partial charge in [-0.3, -0.25) is 9.69 Å². The van der Waals surface area contributed by atoms with Crippen molar-refractivity contribution < 1.29 is 9.53 Å². The second kappa shape index (κ2) is 6.74. The van der Waals surface area contributed by atoms with Crippen molar-refractivity contribution >= 4 is 51.3 Å². The van der Waals surface area contributed by atoms with Crippen molar-refractivity contribution in [2.75, 3.05) is 18.1 Å². The average Bonchev–Trinajstić information content (AvgIpc) is 2.92. The third-order valence-electron chi connectivity index (χ3n) is 3.07. The van der Waals surface area contributed by atoms with E-state index in [-0.39, 0.29) is 24.4 Å². The monoisotopic (exact) mass is 389 g/mol. The molecule has 0 unspecified atom stereocenters. The molecule has 0 saturated heterocycles. The van der Waals surface area contributed by atoms with Gasteiger partial charge in [-0.2, -0.15) is 0 Å². The predicted molar refractivity (Wildman–Crippen MR) is 88.7 cm³/mol. The van der Waals surface area contributed by atoms with E-state index in [4.69, 9.17) is 10.5 Å². The Morgan fingerprint density at radius 3 is 2.95 bits per heavy atom. The van der Waals surface area contributed by atoms with Crippen LogP contribution >= 0.6 is 39.7 Å². The fourth-order valence-corrected chi connectivity index (χ4v) is 3.33. The average molecular weight is 391 g/mol. The van der Waals surface area contributed by atoms with Crippen LogP contribution in [0.15, 0.2) is 34.2 Å². The summed E-state index contributed by atoms with van der Waals surface area (Å²) in [5, 5.41) is 2.23. The van der Waals surface area contributed by atoms with E-state index in [1.807, 2.05) is 24.3 Å². The van der Waals surface area contributed by atoms with Crippen LogP contribution in [0.1, 0.15) is 9.80 Å². The minimum atomic E-state index is -0.180. The zero-order chi connectivity index (χ0) is 14.1. The maximum absolute atomic E-state index is 12.7. The molecule has 0 saturated carbocycles. The number of anilines is 1. The fourth-order valence-electron chi connectivity index (χ4n) is 2.14. The molecule has 1 amide bonds. The number of para-hydroxylation sites is 2. The molecule has 1 atom stereocenters. The van der Waals surface area contributed by atoms with E-state index in [1.54, 1.807) is 10.3 Å². The SMILES string of the molecule is Cl.NC[C@H]1COc2ccccc2N1C(=O)c1nc(Br)cs1. The zero-order valence-corrected chi connectivity index (χ0v) is 14.1. The van der Waals surface area contributed by atoms with Crippen LogP contribution in [0.2, 0.25) is 0 Å². The van der Waals surface area contributed by atoms with Gasteiger partial charge in [0.05, 0.1) is 11.7 Å². The summed E-state index contributed by atoms with van der Waals surface area (Å²) in [4.78, 5) is 18.6. The molecule has 1 aliphatic rings. The fraction of sp³-hybridized carbons (Fsp3) is 0.231. The normalized spacial score (nSPS) is 16.7. The standard InChI is InChI=1S/C13H12BrN3O2S.ClH/c14-11-7-20-12(16-11)13(18)17-8(5-15)6-19-10-4-2-1-3-9(10)17;/h1-4,7-8H,5-6,15H2;1H/t8-;/m0./s1. The second-order valence-corrected chi connectivity index (χ2v) is 5.99. The topological polar surface area (TPSA) is 68.5 Å². The first-order valence-electron chi connectivity index (χ1n) is 6.07. The Bertz CT molecular complexity index is 652. The lowest BCUT2D eigenvalue weighted by atomic mass is 10.1. The molecule has 5 nitrogen and oxygen atoms in total. The molecule has 2 aromatic rings. The molecule has 2 heterocycles. The molecule has 0 fully saturated rings. The third-order valence-corrected chi connectivity index (χ3v) is 4.61. The number of nitrogens with zero attached hydrogens (tertiary/aromatic N) is 2. The van der Waals surface area contributed by atoms with E-state index in [2.05, 4.69) is 20.9 Å². The Kier molecular flexibility index (Phi) is 5.21. The molecular formula is C13H13BrClN3O2S. The summed E-state index contributed by atoms with van der Waals surface area (Å²) in [6.07, 6.45) is 0. The lowest BCUT2D eigenvalue weighted by molar-refractivity contribution is 0.0958. The number of fused-ring (bicyclic) bond motifs is 1. The Morgan fingerprint density at radius 2 is 2.29 bits per heavy atom. The van der Waals surface area contributed by atoms with Crippen LogP contribution in [-0.4, -0.2) is 30.1 Å². The number of halogens is 2. The van der Waals surface area contributed by atoms with Gasteiger partial charge in [0.25, 0.3) is 5.91 Å². The van der Waals surface area contributed by atoms with Gasteiger partial charge in [0.15, 0.2) is 5.01 Å². The summed E-state index contributed by atoms with van der Waals surface area (Å²) in [6, 6.07) is 7.28. The first-order valence-corrected chi connectivity index (χ1v) is 7.74. The number of hydrogen-bond donors (Lipinski definition) is 1. The summed E-state index contributed by atoms with van der Waals surface area (Å²) < 4.78 is 6.31. The molecule has 1 aromatic carbocycles. The van der Waals surface area contributed by atoms with Crippen LogP contribution in [0.3, 0.4) is 0 Å². The molecule has 0 aliphatic carbocycles. The minimum Gasteiger partial charge on any atom is -0.489 e. The van der Waals surface area contributed by atoms with Crippen molar-refractivity contribution in [1.82, 2.24) is 4.98 Å². The van der Waals surface area contributed by atoms with Gasteiger partial charge in [0.1, 0.15) is 17.0 Å². The molecule has 21 heavy (non-hydrogen) atoms. The number of carbonyl (C=O) groups is 1. The summed E-state index contributed by atoms with van der Waals surface area (Å²) >= 11 is 4.58. The highest BCUT2D eigenvalue weighted by Crippen LogP contribution is 2.34. The van der Waals surface area contributed by atoms with Crippen molar-refractivity contribution in [1.29, 1.82) is 0 Å². The van der Waals surface area contributed by atoms with Crippen LogP contribution in [0, 0.1) is 0 Å². The van der Waals surface area contributed by atoms with Gasteiger partial charge in [-0.25, -0.2) is 4.98 Å². The first-order chi connectivity index (χ1) is 9.70. The molecule has 0 radical (unpaired) electrons. The maximum atomic E-state index is 12.7. The van der Waals surface area contributed by atoms with E-state index in [0.717, 1.165) is 5.69 Å². The van der Waals surface area contributed by atoms with Gasteiger partial charge in [0.2, 0.25) is 0 Å². The van der Waals surface area contributed by atoms with Crippen LogP contribution in [0.25, 0.3) is 0 Å². The lowest BCUT2D eigenvalue weighted by Gasteiger charge is -2.35. The van der Waals surface area contributed by atoms with Gasteiger partial charge < -0.3 is 10.5 Å². The second-order valence-electron chi connectivity index (χ2n) is 4.32. The third kappa shape index (κ3) is 3.06. The number of amides is 1.